The zero-order valence-corrected chi connectivity index (χ0v) is 23.3. The maximum atomic E-state index is 14.1. The van der Waals surface area contributed by atoms with Gasteiger partial charge in [0.15, 0.2) is 9.84 Å². The molecule has 2 aliphatic rings. The number of benzene rings is 1. The number of nitrogens with zero attached hydrogens (tertiary/aromatic N) is 2. The lowest BCUT2D eigenvalue weighted by atomic mass is 9.84. The van der Waals surface area contributed by atoms with E-state index in [2.05, 4.69) is 0 Å². The first kappa shape index (κ1) is 28.0. The van der Waals surface area contributed by atoms with Gasteiger partial charge in [-0.15, -0.1) is 0 Å². The van der Waals surface area contributed by atoms with E-state index >= 15 is 0 Å². The van der Waals surface area contributed by atoms with Gasteiger partial charge in [0.25, 0.3) is 0 Å². The molecular weight excluding hydrogens is 482 g/mol. The number of nitrogens with two attached hydrogens (primary N) is 1. The molecule has 1 aliphatic carbocycles. The number of carboxylic acid groups (broad SMARTS) is 1. The average molecular weight is 522 g/mol. The number of fused-ring (bicyclic) bond motifs is 3. The number of rotatable bonds is 2. The Kier molecular flexibility index (Phi) is 6.79. The maximum Gasteiger partial charge on any atom is 0.425 e. The third-order valence-electron chi connectivity index (χ3n) is 7.09. The van der Waals surface area contributed by atoms with Gasteiger partial charge in [-0.25, -0.2) is 18.0 Å². The number of amidine groups is 1. The fourth-order valence-corrected chi connectivity index (χ4v) is 8.18. The van der Waals surface area contributed by atoms with Gasteiger partial charge in [0.1, 0.15) is 21.7 Å². The molecule has 1 aromatic rings. The van der Waals surface area contributed by atoms with E-state index in [4.69, 9.17) is 15.5 Å². The minimum absolute atomic E-state index is 0.201. The number of hydrogen-bond acceptors (Lipinski definition) is 7. The Balaban J connectivity index is 2.22. The van der Waals surface area contributed by atoms with Gasteiger partial charge in [-0.05, 0) is 89.0 Å². The number of aryl methyl sites for hydroxylation is 1. The number of carbonyl (C=O) groups excluding carboxylic acids is 1. The Morgan fingerprint density at radius 3 is 2.36 bits per heavy atom. The molecule has 36 heavy (non-hydrogen) atoms. The fraction of sp³-hybridized carbons (Fsp3) is 0.654. The highest BCUT2D eigenvalue weighted by Gasteiger charge is 2.60. The quantitative estimate of drug-likeness (QED) is 0.514. The molecule has 1 aliphatic heterocycles. The lowest BCUT2D eigenvalue weighted by molar-refractivity contribution is -0.0000585. The molecule has 0 radical (unpaired) electrons. The minimum atomic E-state index is -4.02. The summed E-state index contributed by atoms with van der Waals surface area (Å²) < 4.78 is 32.0. The summed E-state index contributed by atoms with van der Waals surface area (Å²) in [5.74, 6) is -0.374. The molecule has 1 heterocycles. The molecule has 0 unspecified atom stereocenters. The van der Waals surface area contributed by atoms with Crippen molar-refractivity contribution in [1.29, 1.82) is 0 Å². The number of nitrogen functional groups attached to an aromatic ring is 1. The van der Waals surface area contributed by atoms with Crippen molar-refractivity contribution in [2.45, 2.75) is 102 Å². The van der Waals surface area contributed by atoms with Crippen molar-refractivity contribution >= 4 is 33.5 Å². The van der Waals surface area contributed by atoms with Gasteiger partial charge in [0.05, 0.1) is 5.25 Å². The minimum Gasteiger partial charge on any atom is -0.464 e. The van der Waals surface area contributed by atoms with E-state index in [1.165, 1.54) is 13.8 Å². The predicted octanol–water partition coefficient (Wildman–Crippen LogP) is 5.13. The molecule has 0 spiro atoms. The van der Waals surface area contributed by atoms with Gasteiger partial charge in [-0.1, -0.05) is 26.8 Å². The Morgan fingerprint density at radius 1 is 1.19 bits per heavy atom. The van der Waals surface area contributed by atoms with Gasteiger partial charge in [-0.3, -0.25) is 4.99 Å². The van der Waals surface area contributed by atoms with E-state index in [1.807, 2.05) is 26.8 Å². The molecule has 2 atom stereocenters. The monoisotopic (exact) mass is 521 g/mol. The Hall–Kier alpha value is -2.62. The molecule has 3 N–H and O–H groups in total. The van der Waals surface area contributed by atoms with Gasteiger partial charge in [0, 0.05) is 5.69 Å². The number of amides is 2. The van der Waals surface area contributed by atoms with Crippen molar-refractivity contribution in [3.63, 3.8) is 0 Å². The highest BCUT2D eigenvalue weighted by Crippen LogP contribution is 2.48. The second-order valence-electron chi connectivity index (χ2n) is 12.4. The van der Waals surface area contributed by atoms with Crippen molar-refractivity contribution in [2.24, 2.45) is 10.4 Å². The summed E-state index contributed by atoms with van der Waals surface area (Å²) >= 11 is 0. The number of anilines is 1. The summed E-state index contributed by atoms with van der Waals surface area (Å²) in [7, 11) is -4.02. The lowest BCUT2D eigenvalue weighted by Gasteiger charge is -2.46. The molecule has 1 aromatic carbocycles. The zero-order valence-electron chi connectivity index (χ0n) is 22.5. The van der Waals surface area contributed by atoms with Crippen LogP contribution in [0.25, 0.3) is 0 Å². The Labute approximate surface area is 214 Å². The second-order valence-corrected chi connectivity index (χ2v) is 15.1. The normalized spacial score (nSPS) is 25.0. The third-order valence-corrected chi connectivity index (χ3v) is 10.1. The van der Waals surface area contributed by atoms with Crippen molar-refractivity contribution in [2.75, 3.05) is 5.73 Å². The van der Waals surface area contributed by atoms with Crippen molar-refractivity contribution in [3.05, 3.63) is 29.3 Å². The maximum absolute atomic E-state index is 14.1. The number of aliphatic imine (C=N–C) groups is 1. The molecule has 0 saturated carbocycles. The Bertz CT molecular complexity index is 1210. The van der Waals surface area contributed by atoms with Crippen molar-refractivity contribution in [1.82, 2.24) is 4.90 Å². The largest absolute Gasteiger partial charge is 0.464 e. The predicted molar refractivity (Wildman–Crippen MR) is 140 cm³/mol. The zero-order chi connectivity index (χ0) is 27.5. The van der Waals surface area contributed by atoms with Gasteiger partial charge >= 0.3 is 12.2 Å². The molecule has 0 saturated heterocycles. The summed E-state index contributed by atoms with van der Waals surface area (Å²) in [6.07, 6.45) is -0.750. The lowest BCUT2D eigenvalue weighted by Crippen LogP contribution is -2.63. The standard InChI is InChI=1S/C26H39N3O6S/c1-23(2,3)15-24(4,5)35-22(32)29(21(30)31)20-25(6,7)36(33,34)19-11-9-10-16-12-13-17(27)14-18(16)26(19,8)28-20/h12-14,19H,9-11,15,27H2,1-8H3,(H,30,31)/t19-,26-/m1/s1. The molecule has 9 nitrogen and oxygen atoms in total. The Morgan fingerprint density at radius 2 is 1.81 bits per heavy atom. The molecule has 0 fully saturated rings. The number of carbonyl (C=O) groups is 2. The highest BCUT2D eigenvalue weighted by molar-refractivity contribution is 7.94. The van der Waals surface area contributed by atoms with Gasteiger partial charge in [-0.2, -0.15) is 4.90 Å². The molecule has 10 heteroatoms. The van der Waals surface area contributed by atoms with Crippen LogP contribution in [0.5, 0.6) is 0 Å². The van der Waals surface area contributed by atoms with Crippen LogP contribution in [-0.4, -0.2) is 52.0 Å². The van der Waals surface area contributed by atoms with Gasteiger partial charge < -0.3 is 15.6 Å². The highest BCUT2D eigenvalue weighted by atomic mass is 32.2. The topological polar surface area (TPSA) is 139 Å². The van der Waals surface area contributed by atoms with Gasteiger partial charge in [0.2, 0.25) is 0 Å². The third kappa shape index (κ3) is 4.84. The van der Waals surface area contributed by atoms with Crippen LogP contribution in [0.2, 0.25) is 0 Å². The smallest absolute Gasteiger partial charge is 0.425 e. The summed E-state index contributed by atoms with van der Waals surface area (Å²) in [6, 6.07) is 5.32. The van der Waals surface area contributed by atoms with E-state index in [-0.39, 0.29) is 11.3 Å². The van der Waals surface area contributed by atoms with Crippen molar-refractivity contribution < 1.29 is 27.9 Å². The summed E-state index contributed by atoms with van der Waals surface area (Å²) in [6.45, 7) is 13.8. The molecule has 0 aromatic heterocycles. The van der Waals surface area contributed by atoms with Crippen LogP contribution >= 0.6 is 0 Å². The SMILES string of the molecule is CC(C)(C)CC(C)(C)OC(=O)N(C(=O)O)C1=N[C@]2(C)c3cc(N)ccc3CCC[C@H]2S(=O)(=O)C1(C)C. The number of hydrogen-bond donors (Lipinski definition) is 2. The molecule has 3 rings (SSSR count). The average Bonchev–Trinajstić information content (AvgIpc) is 2.81. The first-order valence-corrected chi connectivity index (χ1v) is 13.8. The molecular formula is C26H39N3O6S. The fourth-order valence-electron chi connectivity index (χ4n) is 5.81. The van der Waals surface area contributed by atoms with E-state index in [0.29, 0.717) is 41.8 Å². The summed E-state index contributed by atoms with van der Waals surface area (Å²) in [5.41, 5.74) is 5.52. The van der Waals surface area contributed by atoms with Crippen molar-refractivity contribution in [3.8, 4) is 0 Å². The first-order chi connectivity index (χ1) is 16.2. The first-order valence-electron chi connectivity index (χ1n) is 12.2. The van der Waals surface area contributed by atoms with E-state index < -0.39 is 43.2 Å². The number of sulfone groups is 1. The van der Waals surface area contributed by atoms with Crippen LogP contribution in [0.4, 0.5) is 15.3 Å². The summed E-state index contributed by atoms with van der Waals surface area (Å²) in [5, 5.41) is 9.23. The number of ether oxygens (including phenoxy) is 1. The van der Waals surface area contributed by atoms with Crippen LogP contribution in [0.3, 0.4) is 0 Å². The number of imide groups is 1. The molecule has 0 bridgehead atoms. The van der Waals surface area contributed by atoms with Crippen LogP contribution < -0.4 is 5.73 Å². The van der Waals surface area contributed by atoms with Crippen LogP contribution in [0.15, 0.2) is 23.2 Å². The van der Waals surface area contributed by atoms with E-state index in [0.717, 1.165) is 5.56 Å². The second kappa shape index (κ2) is 8.75. The summed E-state index contributed by atoms with van der Waals surface area (Å²) in [4.78, 5) is 31.0. The van der Waals surface area contributed by atoms with Crippen LogP contribution in [0.1, 0.15) is 85.8 Å². The van der Waals surface area contributed by atoms with E-state index in [9.17, 15) is 23.1 Å². The molecule has 200 valence electrons. The van der Waals surface area contributed by atoms with Crippen LogP contribution in [-0.2, 0) is 26.5 Å². The van der Waals surface area contributed by atoms with Crippen LogP contribution in [0, 0.1) is 5.41 Å². The van der Waals surface area contributed by atoms with E-state index in [1.54, 1.807) is 32.9 Å². The molecule has 2 amide bonds.